The molecule has 3 rings (SSSR count). The minimum absolute atomic E-state index is 0.0388. The van der Waals surface area contributed by atoms with Crippen molar-refractivity contribution in [3.05, 3.63) is 51.0 Å². The molecule has 0 atom stereocenters. The lowest BCUT2D eigenvalue weighted by Gasteiger charge is -2.19. The molecule has 0 fully saturated rings. The highest BCUT2D eigenvalue weighted by Crippen LogP contribution is 2.25. The number of hydrogen-bond acceptors (Lipinski definition) is 6. The molecule has 0 aliphatic rings. The number of carbonyl (C=O) groups excluding carboxylic acids is 1. The summed E-state index contributed by atoms with van der Waals surface area (Å²) in [4.78, 5) is 20.9. The molecule has 3 aromatic heterocycles. The first kappa shape index (κ1) is 18.4. The van der Waals surface area contributed by atoms with E-state index in [0.717, 1.165) is 19.4 Å². The topological polar surface area (TPSA) is 61.9 Å². The van der Waals surface area contributed by atoms with Gasteiger partial charge in [-0.05, 0) is 39.5 Å². The Hall–Kier alpha value is -1.42. The molecular weight excluding hydrogens is 440 g/mol. The van der Waals surface area contributed by atoms with Crippen LogP contribution in [-0.4, -0.2) is 38.3 Å². The molecule has 0 aliphatic carbocycles. The van der Waals surface area contributed by atoms with Gasteiger partial charge in [0.25, 0.3) is 0 Å². The lowest BCUT2D eigenvalue weighted by Crippen LogP contribution is -2.31. The maximum atomic E-state index is 12.5. The smallest absolute Gasteiger partial charge is 0.233 e. The van der Waals surface area contributed by atoms with Crippen LogP contribution in [0.3, 0.4) is 0 Å². The van der Waals surface area contributed by atoms with Crippen molar-refractivity contribution in [1.82, 2.24) is 20.1 Å². The highest BCUT2D eigenvalue weighted by molar-refractivity contribution is 9.11. The fraction of sp³-hybridized carbons (Fsp3) is 0.188. The lowest BCUT2D eigenvalue weighted by atomic mass is 10.4. The standard InChI is InChI=1S/C16H15BrN4OS3/c1-2-7-21(9-11-5-6-13(17)25-11)14(22)10-24-16-18-15(19-20-16)12-4-3-8-23-12/h2-6,8H,1,7,9-10H2,(H,18,19,20). The normalized spacial score (nSPS) is 10.8. The summed E-state index contributed by atoms with van der Waals surface area (Å²) in [6.45, 7) is 4.84. The van der Waals surface area contributed by atoms with Gasteiger partial charge in [0, 0.05) is 11.4 Å². The average molecular weight is 455 g/mol. The monoisotopic (exact) mass is 454 g/mol. The Morgan fingerprint density at radius 2 is 2.32 bits per heavy atom. The molecule has 130 valence electrons. The van der Waals surface area contributed by atoms with Crippen molar-refractivity contribution < 1.29 is 4.79 Å². The molecular formula is C16H15BrN4OS3. The number of amides is 1. The molecule has 0 aromatic carbocycles. The first-order valence-electron chi connectivity index (χ1n) is 7.37. The molecule has 3 heterocycles. The molecule has 1 amide bonds. The van der Waals surface area contributed by atoms with Crippen molar-refractivity contribution in [3.8, 4) is 10.7 Å². The Labute approximate surface area is 166 Å². The van der Waals surface area contributed by atoms with Crippen LogP contribution in [0.5, 0.6) is 0 Å². The number of thioether (sulfide) groups is 1. The van der Waals surface area contributed by atoms with E-state index >= 15 is 0 Å². The van der Waals surface area contributed by atoms with Gasteiger partial charge in [0.15, 0.2) is 5.82 Å². The fourth-order valence-corrected chi connectivity index (χ4v) is 4.95. The van der Waals surface area contributed by atoms with E-state index in [2.05, 4.69) is 37.7 Å². The Kier molecular flexibility index (Phi) is 6.46. The van der Waals surface area contributed by atoms with Gasteiger partial charge < -0.3 is 4.90 Å². The Balaban J connectivity index is 1.58. The molecule has 0 radical (unpaired) electrons. The summed E-state index contributed by atoms with van der Waals surface area (Å²) in [5.41, 5.74) is 0. The maximum Gasteiger partial charge on any atom is 0.233 e. The predicted octanol–water partition coefficient (Wildman–Crippen LogP) is 4.66. The van der Waals surface area contributed by atoms with Gasteiger partial charge in [-0.2, -0.15) is 0 Å². The van der Waals surface area contributed by atoms with Crippen LogP contribution in [0.2, 0.25) is 0 Å². The molecule has 0 saturated heterocycles. The molecule has 0 spiro atoms. The van der Waals surface area contributed by atoms with Crippen LogP contribution in [0, 0.1) is 0 Å². The van der Waals surface area contributed by atoms with Gasteiger partial charge in [-0.1, -0.05) is 23.9 Å². The van der Waals surface area contributed by atoms with Crippen LogP contribution in [0.15, 0.2) is 51.2 Å². The van der Waals surface area contributed by atoms with Crippen molar-refractivity contribution >= 4 is 56.3 Å². The number of carbonyl (C=O) groups is 1. The second-order valence-corrected chi connectivity index (χ2v) is 9.44. The van der Waals surface area contributed by atoms with Gasteiger partial charge in [-0.25, -0.2) is 4.98 Å². The zero-order chi connectivity index (χ0) is 17.6. The summed E-state index contributed by atoms with van der Waals surface area (Å²) in [6.07, 6.45) is 1.74. The molecule has 0 saturated carbocycles. The molecule has 0 bridgehead atoms. The number of nitrogens with one attached hydrogen (secondary N) is 1. The molecule has 25 heavy (non-hydrogen) atoms. The van der Waals surface area contributed by atoms with E-state index in [0.29, 0.717) is 24.0 Å². The van der Waals surface area contributed by atoms with Crippen molar-refractivity contribution in [3.63, 3.8) is 0 Å². The van der Waals surface area contributed by atoms with Crippen molar-refractivity contribution in [1.29, 1.82) is 0 Å². The zero-order valence-corrected chi connectivity index (χ0v) is 17.2. The third-order valence-electron chi connectivity index (χ3n) is 3.22. The summed E-state index contributed by atoms with van der Waals surface area (Å²) >= 11 is 8.01. The Morgan fingerprint density at radius 1 is 1.44 bits per heavy atom. The van der Waals surface area contributed by atoms with E-state index in [1.165, 1.54) is 11.8 Å². The van der Waals surface area contributed by atoms with Crippen LogP contribution in [0.25, 0.3) is 10.7 Å². The van der Waals surface area contributed by atoms with E-state index in [9.17, 15) is 4.79 Å². The minimum Gasteiger partial charge on any atom is -0.333 e. The molecule has 5 nitrogen and oxygen atoms in total. The third kappa shape index (κ3) is 5.04. The van der Waals surface area contributed by atoms with Crippen LogP contribution in [0.1, 0.15) is 4.88 Å². The van der Waals surface area contributed by atoms with E-state index in [1.807, 2.05) is 29.6 Å². The third-order valence-corrected chi connectivity index (χ3v) is 6.54. The summed E-state index contributed by atoms with van der Waals surface area (Å²) in [6, 6.07) is 7.96. The van der Waals surface area contributed by atoms with Gasteiger partial charge in [0.2, 0.25) is 11.1 Å². The highest BCUT2D eigenvalue weighted by Gasteiger charge is 2.16. The maximum absolute atomic E-state index is 12.5. The second kappa shape index (κ2) is 8.79. The second-order valence-electron chi connectivity index (χ2n) is 5.00. The Bertz CT molecular complexity index is 843. The first-order chi connectivity index (χ1) is 12.2. The summed E-state index contributed by atoms with van der Waals surface area (Å²) in [5, 5.41) is 9.66. The average Bonchev–Trinajstić information content (AvgIpc) is 3.33. The number of halogens is 1. The largest absolute Gasteiger partial charge is 0.333 e. The van der Waals surface area contributed by atoms with Gasteiger partial charge in [-0.15, -0.1) is 34.4 Å². The van der Waals surface area contributed by atoms with Gasteiger partial charge >= 0.3 is 0 Å². The van der Waals surface area contributed by atoms with E-state index in [1.54, 1.807) is 33.6 Å². The zero-order valence-electron chi connectivity index (χ0n) is 13.1. The fourth-order valence-electron chi connectivity index (χ4n) is 2.09. The van der Waals surface area contributed by atoms with Crippen molar-refractivity contribution in [2.45, 2.75) is 11.7 Å². The number of aromatic amines is 1. The van der Waals surface area contributed by atoms with E-state index in [4.69, 9.17) is 0 Å². The summed E-state index contributed by atoms with van der Waals surface area (Å²) in [7, 11) is 0. The van der Waals surface area contributed by atoms with Crippen LogP contribution < -0.4 is 0 Å². The number of thiophene rings is 2. The highest BCUT2D eigenvalue weighted by atomic mass is 79.9. The summed E-state index contributed by atoms with van der Waals surface area (Å²) in [5.74, 6) is 1.07. The van der Waals surface area contributed by atoms with Gasteiger partial charge in [-0.3, -0.25) is 9.89 Å². The number of rotatable bonds is 8. The molecule has 1 N–H and O–H groups in total. The molecule has 3 aromatic rings. The number of nitrogens with zero attached hydrogens (tertiary/aromatic N) is 3. The SMILES string of the molecule is C=CCN(Cc1ccc(Br)s1)C(=O)CSc1n[nH]c(-c2cccs2)n1. The van der Waals surface area contributed by atoms with Crippen molar-refractivity contribution in [2.24, 2.45) is 0 Å². The van der Waals surface area contributed by atoms with Crippen LogP contribution in [0.4, 0.5) is 0 Å². The van der Waals surface area contributed by atoms with Crippen LogP contribution >= 0.6 is 50.4 Å². The minimum atomic E-state index is 0.0388. The predicted molar refractivity (Wildman–Crippen MR) is 108 cm³/mol. The number of H-pyrrole nitrogens is 1. The van der Waals surface area contributed by atoms with E-state index in [-0.39, 0.29) is 5.91 Å². The van der Waals surface area contributed by atoms with Crippen molar-refractivity contribution in [2.75, 3.05) is 12.3 Å². The lowest BCUT2D eigenvalue weighted by molar-refractivity contribution is -0.128. The molecule has 0 unspecified atom stereocenters. The van der Waals surface area contributed by atoms with Crippen LogP contribution in [-0.2, 0) is 11.3 Å². The quantitative estimate of drug-likeness (QED) is 0.396. The van der Waals surface area contributed by atoms with Gasteiger partial charge in [0.1, 0.15) is 0 Å². The molecule has 0 aliphatic heterocycles. The number of aromatic nitrogens is 3. The molecule has 9 heteroatoms. The van der Waals surface area contributed by atoms with E-state index < -0.39 is 0 Å². The first-order valence-corrected chi connectivity index (χ1v) is 10.8. The number of hydrogen-bond donors (Lipinski definition) is 1. The van der Waals surface area contributed by atoms with Gasteiger partial charge in [0.05, 0.1) is 21.0 Å². The summed E-state index contributed by atoms with van der Waals surface area (Å²) < 4.78 is 1.06. The Morgan fingerprint density at radius 3 is 3.00 bits per heavy atom.